The van der Waals surface area contributed by atoms with E-state index in [-0.39, 0.29) is 63.7 Å². The summed E-state index contributed by atoms with van der Waals surface area (Å²) in [6, 6.07) is 0. The fraction of sp³-hybridized carbons (Fsp3) is 0.861. The topological polar surface area (TPSA) is 251 Å². The third-order valence-electron chi connectivity index (χ3n) is 8.92. The quantitative estimate of drug-likeness (QED) is 0.0260. The molecule has 0 aliphatic heterocycles. The van der Waals surface area contributed by atoms with E-state index in [1.165, 1.54) is 13.0 Å². The molecule has 2 rings (SSSR count). The van der Waals surface area contributed by atoms with Crippen molar-refractivity contribution in [2.45, 2.75) is 81.7 Å². The fourth-order valence-corrected chi connectivity index (χ4v) is 7.56. The van der Waals surface area contributed by atoms with E-state index in [0.29, 0.717) is 105 Å². The van der Waals surface area contributed by atoms with Crippen molar-refractivity contribution in [1.82, 2.24) is 10.0 Å². The lowest BCUT2D eigenvalue weighted by Gasteiger charge is -2.37. The van der Waals surface area contributed by atoms with Crippen molar-refractivity contribution >= 4 is 27.8 Å². The summed E-state index contributed by atoms with van der Waals surface area (Å²) in [5, 5.41) is 10.7. The lowest BCUT2D eigenvalue weighted by molar-refractivity contribution is -0.122. The minimum absolute atomic E-state index is 0.0110. The lowest BCUT2D eigenvalue weighted by atomic mass is 9.83. The first-order chi connectivity index (χ1) is 27.4. The molecule has 2 aliphatic rings. The van der Waals surface area contributed by atoms with Crippen molar-refractivity contribution in [2.75, 3.05) is 112 Å². The summed E-state index contributed by atoms with van der Waals surface area (Å²) in [7, 11) is -3.62. The van der Waals surface area contributed by atoms with Gasteiger partial charge in [0.2, 0.25) is 15.9 Å². The van der Waals surface area contributed by atoms with Crippen LogP contribution < -0.4 is 21.5 Å². The zero-order valence-electron chi connectivity index (χ0n) is 33.1. The van der Waals surface area contributed by atoms with Crippen LogP contribution in [0.3, 0.4) is 0 Å². The van der Waals surface area contributed by atoms with E-state index in [0.717, 1.165) is 0 Å². The minimum atomic E-state index is -3.62. The van der Waals surface area contributed by atoms with Crippen LogP contribution in [0.4, 0.5) is 8.78 Å². The summed E-state index contributed by atoms with van der Waals surface area (Å²) in [6.07, 6.45) is -1.87. The average molecular weight is 846 g/mol. The Hall–Kier alpha value is -2.44. The largest absolute Gasteiger partial charge is 0.394 e. The van der Waals surface area contributed by atoms with Crippen LogP contribution in [0.15, 0.2) is 16.6 Å². The van der Waals surface area contributed by atoms with E-state index >= 15 is 0 Å². The van der Waals surface area contributed by atoms with Gasteiger partial charge in [-0.1, -0.05) is 6.08 Å². The third-order valence-corrected chi connectivity index (χ3v) is 10.9. The van der Waals surface area contributed by atoms with E-state index in [2.05, 4.69) is 15.0 Å². The molecule has 2 amide bonds. The number of carbonyl (C=O) groups excluding carboxylic acids is 2. The first-order valence-electron chi connectivity index (χ1n) is 19.6. The highest BCUT2D eigenvalue weighted by Gasteiger charge is 2.41. The molecule has 2 atom stereocenters. The number of sulfonamides is 1. The molecule has 332 valence electrons. The SMILES string of the molecule is C/C(=C\C1CC(F)C(OC2CCC(S(=O)(=O)NCCOCCOCCOCCNC(=O)CCOCCOCCOCCOCCO)CC2)C(F)C1)C(=O)N=C(N)N. The zero-order valence-corrected chi connectivity index (χ0v) is 33.9. The maximum atomic E-state index is 15.0. The molecule has 57 heavy (non-hydrogen) atoms. The summed E-state index contributed by atoms with van der Waals surface area (Å²) in [5.74, 6) is -1.71. The van der Waals surface area contributed by atoms with Crippen molar-refractivity contribution in [3.8, 4) is 0 Å². The van der Waals surface area contributed by atoms with Crippen LogP contribution in [0.2, 0.25) is 0 Å². The van der Waals surface area contributed by atoms with Gasteiger partial charge in [-0.3, -0.25) is 9.59 Å². The second kappa shape index (κ2) is 30.6. The molecule has 2 saturated carbocycles. The van der Waals surface area contributed by atoms with Crippen LogP contribution in [0.1, 0.15) is 51.9 Å². The number of aliphatic hydroxyl groups is 1. The maximum Gasteiger partial charge on any atom is 0.275 e. The second-order valence-corrected chi connectivity index (χ2v) is 15.5. The molecule has 0 bridgehead atoms. The Balaban J connectivity index is 1.40. The molecule has 2 fully saturated rings. The highest BCUT2D eigenvalue weighted by molar-refractivity contribution is 7.90. The van der Waals surface area contributed by atoms with Crippen LogP contribution in [-0.2, 0) is 57.5 Å². The lowest BCUT2D eigenvalue weighted by Crippen LogP contribution is -2.45. The molecule has 18 nitrogen and oxygen atoms in total. The summed E-state index contributed by atoms with van der Waals surface area (Å²) >= 11 is 0. The fourth-order valence-electron chi connectivity index (χ4n) is 6.07. The number of amides is 2. The van der Waals surface area contributed by atoms with E-state index in [4.69, 9.17) is 54.5 Å². The van der Waals surface area contributed by atoms with Gasteiger partial charge in [0.05, 0.1) is 110 Å². The number of nitrogens with zero attached hydrogens (tertiary/aromatic N) is 1. The van der Waals surface area contributed by atoms with Crippen LogP contribution in [0.25, 0.3) is 0 Å². The number of guanidine groups is 1. The van der Waals surface area contributed by atoms with Gasteiger partial charge in [-0.05, 0) is 51.4 Å². The molecule has 2 aliphatic carbocycles. The summed E-state index contributed by atoms with van der Waals surface area (Å²) in [5.41, 5.74) is 10.6. The van der Waals surface area contributed by atoms with Gasteiger partial charge in [-0.25, -0.2) is 21.9 Å². The number of ether oxygens (including phenoxy) is 8. The van der Waals surface area contributed by atoms with Crippen molar-refractivity contribution in [2.24, 2.45) is 22.4 Å². The van der Waals surface area contributed by atoms with Gasteiger partial charge >= 0.3 is 0 Å². The number of aliphatic hydroxyl groups excluding tert-OH is 1. The minimum Gasteiger partial charge on any atom is -0.394 e. The first kappa shape index (κ1) is 50.7. The Morgan fingerprint density at radius 2 is 1.21 bits per heavy atom. The zero-order chi connectivity index (χ0) is 41.7. The number of alkyl halides is 2. The maximum absolute atomic E-state index is 15.0. The Labute approximate surface area is 335 Å². The number of carbonyl (C=O) groups is 2. The normalized spacial score (nSPS) is 23.0. The number of halogens is 2. The van der Waals surface area contributed by atoms with Gasteiger partial charge in [0.25, 0.3) is 5.91 Å². The van der Waals surface area contributed by atoms with Gasteiger partial charge in [-0.2, -0.15) is 4.99 Å². The number of hydrogen-bond acceptors (Lipinski definition) is 13. The second-order valence-electron chi connectivity index (χ2n) is 13.5. The molecule has 0 aromatic heterocycles. The predicted molar refractivity (Wildman–Crippen MR) is 205 cm³/mol. The van der Waals surface area contributed by atoms with E-state index < -0.39 is 57.6 Å². The Bertz CT molecular complexity index is 1260. The van der Waals surface area contributed by atoms with Crippen LogP contribution in [0, 0.1) is 5.92 Å². The monoisotopic (exact) mass is 845 g/mol. The van der Waals surface area contributed by atoms with Crippen LogP contribution in [-0.4, -0.2) is 173 Å². The van der Waals surface area contributed by atoms with Gasteiger partial charge in [-0.15, -0.1) is 0 Å². The summed E-state index contributed by atoms with van der Waals surface area (Å²) in [4.78, 5) is 27.3. The van der Waals surface area contributed by atoms with E-state index in [9.17, 15) is 26.8 Å². The van der Waals surface area contributed by atoms with Crippen LogP contribution >= 0.6 is 0 Å². The number of hydrogen-bond donors (Lipinski definition) is 5. The number of nitrogens with one attached hydrogen (secondary N) is 2. The van der Waals surface area contributed by atoms with Gasteiger partial charge in [0.1, 0.15) is 18.4 Å². The predicted octanol–water partition coefficient (Wildman–Crippen LogP) is 0.0495. The molecule has 0 spiro atoms. The van der Waals surface area contributed by atoms with Crippen molar-refractivity contribution < 1.29 is 69.8 Å². The molecular formula is C36H65F2N5O13S. The Morgan fingerprint density at radius 3 is 1.72 bits per heavy atom. The van der Waals surface area contributed by atoms with Crippen LogP contribution in [0.5, 0.6) is 0 Å². The van der Waals surface area contributed by atoms with Crippen molar-refractivity contribution in [3.05, 3.63) is 11.6 Å². The average Bonchev–Trinajstić information content (AvgIpc) is 3.16. The first-order valence-corrected chi connectivity index (χ1v) is 21.1. The number of nitrogens with two attached hydrogens (primary N) is 2. The molecule has 2 unspecified atom stereocenters. The molecule has 7 N–H and O–H groups in total. The molecule has 0 radical (unpaired) electrons. The molecular weight excluding hydrogens is 780 g/mol. The van der Waals surface area contributed by atoms with Gasteiger partial charge in [0, 0.05) is 25.1 Å². The Morgan fingerprint density at radius 1 is 0.737 bits per heavy atom. The Kier molecular flexibility index (Phi) is 27.2. The summed E-state index contributed by atoms with van der Waals surface area (Å²) in [6.45, 7) is 6.71. The summed E-state index contributed by atoms with van der Waals surface area (Å²) < 4.78 is 101. The number of allylic oxidation sites excluding steroid dienone is 1. The molecule has 21 heteroatoms. The smallest absolute Gasteiger partial charge is 0.275 e. The highest BCUT2D eigenvalue weighted by atomic mass is 32.2. The molecule has 0 heterocycles. The van der Waals surface area contributed by atoms with E-state index in [1.54, 1.807) is 0 Å². The van der Waals surface area contributed by atoms with Gasteiger partial charge in [0.15, 0.2) is 5.96 Å². The highest BCUT2D eigenvalue weighted by Crippen LogP contribution is 2.35. The molecule has 0 saturated heterocycles. The van der Waals surface area contributed by atoms with E-state index in [1.807, 2.05) is 0 Å². The van der Waals surface area contributed by atoms with Crippen molar-refractivity contribution in [1.29, 1.82) is 0 Å². The third kappa shape index (κ3) is 23.7. The standard InChI is InChI=1S/C36H65F2N5O13S/c1-27(35(46)43-36(39)40)24-28-25-31(37)34(32(38)26-28)56-29-2-4-30(5-3-29)57(47,48)42-8-12-51-16-20-54-19-15-50-11-7-41-33(45)6-10-49-14-18-53-22-23-55-21-17-52-13-9-44/h24,28-32,34,42,44H,2-23,25-26H2,1H3,(H,41,45)(H4,39,40,43,46)/b27-24+. The van der Waals surface area contributed by atoms with Gasteiger partial charge < -0.3 is 59.8 Å². The van der Waals surface area contributed by atoms with Crippen molar-refractivity contribution in [3.63, 3.8) is 0 Å². The number of rotatable bonds is 32. The molecule has 0 aromatic carbocycles. The number of aliphatic imine (C=N–C) groups is 1. The molecule has 0 aromatic rings.